The summed E-state index contributed by atoms with van der Waals surface area (Å²) in [6.07, 6.45) is 1.09. The third kappa shape index (κ3) is 5.48. The summed E-state index contributed by atoms with van der Waals surface area (Å²) in [5.41, 5.74) is 1.33. The largest absolute Gasteiger partial charge is 0.495 e. The molecule has 2 aromatic carbocycles. The van der Waals surface area contributed by atoms with Crippen molar-refractivity contribution in [2.45, 2.75) is 37.5 Å². The van der Waals surface area contributed by atoms with Crippen LogP contribution in [0.15, 0.2) is 42.5 Å². The van der Waals surface area contributed by atoms with Gasteiger partial charge in [-0.3, -0.25) is 9.59 Å². The van der Waals surface area contributed by atoms with E-state index in [2.05, 4.69) is 16.0 Å². The minimum atomic E-state index is -0.468. The van der Waals surface area contributed by atoms with Crippen molar-refractivity contribution in [2.24, 2.45) is 0 Å². The summed E-state index contributed by atoms with van der Waals surface area (Å²) in [5, 5.41) is 8.12. The Balaban J connectivity index is 1.47. The number of carbonyl (C=O) groups is 3. The van der Waals surface area contributed by atoms with Gasteiger partial charge in [0.25, 0.3) is 5.91 Å². The normalized spacial score (nSPS) is 21.4. The van der Waals surface area contributed by atoms with E-state index in [9.17, 15) is 14.4 Å². The van der Waals surface area contributed by atoms with Crippen molar-refractivity contribution < 1.29 is 28.6 Å². The molecular formula is C25H30N4O6. The van der Waals surface area contributed by atoms with Gasteiger partial charge >= 0.3 is 6.03 Å². The Hall–Kier alpha value is -3.79. The number of urea groups is 1. The van der Waals surface area contributed by atoms with E-state index < -0.39 is 6.03 Å². The average molecular weight is 483 g/mol. The fraction of sp³-hybridized carbons (Fsp3) is 0.400. The van der Waals surface area contributed by atoms with Crippen LogP contribution in [-0.4, -0.2) is 68.8 Å². The number of nitrogens with one attached hydrogen (secondary N) is 3. The zero-order valence-corrected chi connectivity index (χ0v) is 20.0. The molecule has 186 valence electrons. The quantitative estimate of drug-likeness (QED) is 0.603. The molecule has 1 saturated heterocycles. The van der Waals surface area contributed by atoms with Crippen LogP contribution in [0.3, 0.4) is 0 Å². The maximum Gasteiger partial charge on any atom is 0.323 e. The van der Waals surface area contributed by atoms with Gasteiger partial charge in [-0.25, -0.2) is 4.79 Å². The molecule has 2 aromatic rings. The minimum Gasteiger partial charge on any atom is -0.495 e. The lowest BCUT2D eigenvalue weighted by Gasteiger charge is -2.42. The highest BCUT2D eigenvalue weighted by Gasteiger charge is 2.39. The van der Waals surface area contributed by atoms with Crippen LogP contribution < -0.4 is 25.4 Å². The first-order valence-electron chi connectivity index (χ1n) is 11.5. The van der Waals surface area contributed by atoms with E-state index in [4.69, 9.17) is 14.2 Å². The summed E-state index contributed by atoms with van der Waals surface area (Å²) < 4.78 is 17.4. The minimum absolute atomic E-state index is 0.0789. The van der Waals surface area contributed by atoms with Crippen molar-refractivity contribution in [3.05, 3.63) is 48.0 Å². The molecular weight excluding hydrogens is 452 g/mol. The van der Waals surface area contributed by atoms with E-state index in [0.29, 0.717) is 41.3 Å². The zero-order chi connectivity index (χ0) is 24.9. The fourth-order valence-electron chi connectivity index (χ4n) is 4.45. The van der Waals surface area contributed by atoms with Gasteiger partial charge in [-0.2, -0.15) is 0 Å². The van der Waals surface area contributed by atoms with Crippen molar-refractivity contribution in [3.63, 3.8) is 0 Å². The number of carbonyl (C=O) groups excluding carboxylic acids is 3. The number of para-hydroxylation sites is 2. The number of anilines is 2. The second kappa shape index (κ2) is 10.6. The molecule has 0 radical (unpaired) electrons. The molecule has 4 rings (SSSR count). The Labute approximate surface area is 203 Å². The molecule has 1 fully saturated rings. The van der Waals surface area contributed by atoms with Crippen LogP contribution in [0.25, 0.3) is 0 Å². The lowest BCUT2D eigenvalue weighted by Crippen LogP contribution is -2.53. The Kier molecular flexibility index (Phi) is 7.40. The Morgan fingerprint density at radius 3 is 2.71 bits per heavy atom. The number of fused-ring (bicyclic) bond motifs is 2. The summed E-state index contributed by atoms with van der Waals surface area (Å²) in [6.45, 7) is 0.251. The van der Waals surface area contributed by atoms with E-state index in [-0.39, 0.29) is 43.1 Å². The summed E-state index contributed by atoms with van der Waals surface area (Å²) >= 11 is 0. The lowest BCUT2D eigenvalue weighted by atomic mass is 9.94. The number of amides is 4. The van der Waals surface area contributed by atoms with Gasteiger partial charge in [0.05, 0.1) is 36.9 Å². The first kappa shape index (κ1) is 24.3. The molecule has 0 aliphatic carbocycles. The van der Waals surface area contributed by atoms with Crippen molar-refractivity contribution in [1.29, 1.82) is 0 Å². The monoisotopic (exact) mass is 482 g/mol. The molecule has 4 amide bonds. The van der Waals surface area contributed by atoms with Crippen molar-refractivity contribution in [1.82, 2.24) is 10.2 Å². The molecule has 10 heteroatoms. The highest BCUT2D eigenvalue weighted by molar-refractivity contribution is 6.03. The standard InChI is InChI=1S/C25H30N4O6/c1-26-23(30)13-16-9-10-19-22(35-16)14-34-20-11-8-15(12-17(20)24(31)29(19)2)27-25(32)28-18-6-4-5-7-21(18)33-3/h4-8,11-12,16,19,22H,9-10,13-14H2,1-3H3,(H,26,30)(H2,27,28,32)/t16-,19-,22-/m1/s1. The smallest absolute Gasteiger partial charge is 0.323 e. The van der Waals surface area contributed by atoms with Gasteiger partial charge in [-0.1, -0.05) is 12.1 Å². The number of benzene rings is 2. The molecule has 0 spiro atoms. The van der Waals surface area contributed by atoms with Crippen molar-refractivity contribution in [3.8, 4) is 11.5 Å². The van der Waals surface area contributed by atoms with E-state index in [0.717, 1.165) is 0 Å². The Morgan fingerprint density at radius 1 is 1.14 bits per heavy atom. The van der Waals surface area contributed by atoms with E-state index in [1.807, 2.05) is 6.07 Å². The maximum atomic E-state index is 13.3. The lowest BCUT2D eigenvalue weighted by molar-refractivity contribution is -0.133. The Bertz CT molecular complexity index is 1110. The third-order valence-electron chi connectivity index (χ3n) is 6.32. The van der Waals surface area contributed by atoms with Gasteiger partial charge in [0.1, 0.15) is 24.2 Å². The molecule has 3 atom stereocenters. The topological polar surface area (TPSA) is 118 Å². The number of nitrogens with zero attached hydrogens (tertiary/aromatic N) is 1. The highest BCUT2D eigenvalue weighted by atomic mass is 16.5. The number of likely N-dealkylation sites (N-methyl/N-ethyl adjacent to an activating group) is 1. The average Bonchev–Trinajstić information content (AvgIpc) is 2.86. The second-order valence-corrected chi connectivity index (χ2v) is 8.54. The molecule has 3 N–H and O–H groups in total. The molecule has 0 aromatic heterocycles. The van der Waals surface area contributed by atoms with Crippen molar-refractivity contribution >= 4 is 29.2 Å². The van der Waals surface area contributed by atoms with Crippen LogP contribution >= 0.6 is 0 Å². The summed E-state index contributed by atoms with van der Waals surface area (Å²) in [5.74, 6) is 0.641. The van der Waals surface area contributed by atoms with Gasteiger partial charge in [0, 0.05) is 19.8 Å². The molecule has 35 heavy (non-hydrogen) atoms. The van der Waals surface area contributed by atoms with Crippen LogP contribution in [0, 0.1) is 0 Å². The summed E-state index contributed by atoms with van der Waals surface area (Å²) in [4.78, 5) is 39.3. The van der Waals surface area contributed by atoms with Gasteiger partial charge in [-0.15, -0.1) is 0 Å². The molecule has 2 heterocycles. The maximum absolute atomic E-state index is 13.3. The predicted molar refractivity (Wildman–Crippen MR) is 130 cm³/mol. The predicted octanol–water partition coefficient (Wildman–Crippen LogP) is 2.86. The van der Waals surface area contributed by atoms with Crippen LogP contribution in [0.5, 0.6) is 11.5 Å². The SMILES string of the molecule is CNC(=O)C[C@H]1CC[C@@H]2[C@@H](COc3ccc(NC(=O)Nc4ccccc4OC)cc3C(=O)N2C)O1. The zero-order valence-electron chi connectivity index (χ0n) is 20.0. The molecule has 0 unspecified atom stereocenters. The third-order valence-corrected chi connectivity index (χ3v) is 6.32. The van der Waals surface area contributed by atoms with Crippen molar-refractivity contribution in [2.75, 3.05) is 38.4 Å². The summed E-state index contributed by atoms with van der Waals surface area (Å²) in [6, 6.07) is 11.4. The number of rotatable bonds is 5. The number of hydrogen-bond donors (Lipinski definition) is 3. The van der Waals surface area contributed by atoms with E-state index >= 15 is 0 Å². The first-order valence-corrected chi connectivity index (χ1v) is 11.5. The molecule has 2 aliphatic heterocycles. The van der Waals surface area contributed by atoms with Gasteiger partial charge < -0.3 is 35.1 Å². The number of hydrogen-bond acceptors (Lipinski definition) is 6. The van der Waals surface area contributed by atoms with E-state index in [1.165, 1.54) is 7.11 Å². The van der Waals surface area contributed by atoms with Crippen LogP contribution in [0.4, 0.5) is 16.2 Å². The number of ether oxygens (including phenoxy) is 3. The molecule has 0 saturated carbocycles. The number of methoxy groups -OCH3 is 1. The fourth-order valence-corrected chi connectivity index (χ4v) is 4.45. The Morgan fingerprint density at radius 2 is 1.94 bits per heavy atom. The summed E-state index contributed by atoms with van der Waals surface area (Å²) in [7, 11) is 4.87. The van der Waals surface area contributed by atoms with Gasteiger partial charge in [-0.05, 0) is 43.2 Å². The molecule has 10 nitrogen and oxygen atoms in total. The highest BCUT2D eigenvalue weighted by Crippen LogP contribution is 2.32. The molecule has 2 aliphatic rings. The second-order valence-electron chi connectivity index (χ2n) is 8.54. The van der Waals surface area contributed by atoms with E-state index in [1.54, 1.807) is 55.4 Å². The van der Waals surface area contributed by atoms with Gasteiger partial charge in [0.2, 0.25) is 5.91 Å². The molecule has 0 bridgehead atoms. The van der Waals surface area contributed by atoms with Gasteiger partial charge in [0.15, 0.2) is 0 Å². The van der Waals surface area contributed by atoms with Crippen LogP contribution in [0.2, 0.25) is 0 Å². The van der Waals surface area contributed by atoms with Crippen LogP contribution in [-0.2, 0) is 9.53 Å². The first-order chi connectivity index (χ1) is 16.9. The van der Waals surface area contributed by atoms with Crippen LogP contribution in [0.1, 0.15) is 29.6 Å².